The predicted molar refractivity (Wildman–Crippen MR) is 177 cm³/mol. The number of esters is 2. The molecule has 2 aromatic rings. The van der Waals surface area contributed by atoms with Crippen LogP contribution in [0.1, 0.15) is 11.1 Å². The molecule has 0 saturated carbocycles. The molecule has 4 rings (SSSR count). The van der Waals surface area contributed by atoms with Crippen LogP contribution in [0.15, 0.2) is 36.4 Å². The van der Waals surface area contributed by atoms with Crippen LogP contribution in [-0.2, 0) is 33.3 Å². The second-order valence-corrected chi connectivity index (χ2v) is 11.6. The molecule has 0 aromatic heterocycles. The van der Waals surface area contributed by atoms with E-state index in [4.69, 9.17) is 42.6 Å². The van der Waals surface area contributed by atoms with Gasteiger partial charge in [0.25, 0.3) is 0 Å². The molecule has 2 aliphatic rings. The molecule has 0 bridgehead atoms. The summed E-state index contributed by atoms with van der Waals surface area (Å²) < 4.78 is 47.7. The minimum absolute atomic E-state index is 0.0385. The zero-order valence-corrected chi connectivity index (χ0v) is 28.9. The van der Waals surface area contributed by atoms with E-state index < -0.39 is 86.6 Å². The minimum atomic E-state index is -1.97. The van der Waals surface area contributed by atoms with Crippen molar-refractivity contribution in [3.63, 3.8) is 0 Å². The largest absolute Gasteiger partial charge is 0.502 e. The number of aromatic hydroxyl groups is 2. The molecule has 53 heavy (non-hydrogen) atoms. The summed E-state index contributed by atoms with van der Waals surface area (Å²) >= 11 is 0. The molecule has 2 aromatic carbocycles. The van der Waals surface area contributed by atoms with Crippen LogP contribution >= 0.6 is 0 Å². The van der Waals surface area contributed by atoms with E-state index in [0.717, 1.165) is 12.2 Å². The van der Waals surface area contributed by atoms with Crippen LogP contribution in [0.2, 0.25) is 0 Å². The summed E-state index contributed by atoms with van der Waals surface area (Å²) in [6, 6.07) is 5.56. The Bertz CT molecular complexity index is 1570. The van der Waals surface area contributed by atoms with Gasteiger partial charge < -0.3 is 83.5 Å². The smallest absolute Gasteiger partial charge is 0.333 e. The van der Waals surface area contributed by atoms with Gasteiger partial charge in [0.2, 0.25) is 17.8 Å². The van der Waals surface area contributed by atoms with Crippen LogP contribution in [0.5, 0.6) is 34.5 Å². The molecular formula is C34H42O19. The van der Waals surface area contributed by atoms with E-state index >= 15 is 0 Å². The number of ether oxygens (including phenoxy) is 9. The number of hydrogen-bond donors (Lipinski definition) is 8. The molecule has 0 aliphatic carbocycles. The highest BCUT2D eigenvalue weighted by atomic mass is 16.7. The SMILES string of the molecule is COc1cc(/C=C/C(=O)O[C@@H]2O[C@H](CO[C@@H]3O[C@H](CO)[C@@H](O)[C@H](O)[C@H]3O)[C@@H](O)[C@H](O)[C@H]2OC(=O)/C=C/c2cc(OC)c(O)c(OC)c2)cc(OC)c1O. The number of phenols is 2. The maximum Gasteiger partial charge on any atom is 0.333 e. The van der Waals surface area contributed by atoms with Crippen molar-refractivity contribution in [2.45, 2.75) is 61.4 Å². The number of benzene rings is 2. The molecule has 2 aliphatic heterocycles. The predicted octanol–water partition coefficient (Wildman–Crippen LogP) is -1.42. The fourth-order valence-electron chi connectivity index (χ4n) is 5.33. The van der Waals surface area contributed by atoms with Crippen LogP contribution in [0, 0.1) is 0 Å². The van der Waals surface area contributed by atoms with Gasteiger partial charge in [-0.25, -0.2) is 9.59 Å². The highest BCUT2D eigenvalue weighted by Crippen LogP contribution is 2.38. The van der Waals surface area contributed by atoms with Crippen molar-refractivity contribution in [2.75, 3.05) is 41.7 Å². The molecule has 2 saturated heterocycles. The summed E-state index contributed by atoms with van der Waals surface area (Å²) in [5.41, 5.74) is 0.657. The Morgan fingerprint density at radius 3 is 1.51 bits per heavy atom. The summed E-state index contributed by atoms with van der Waals surface area (Å²) in [5.74, 6) is -2.58. The van der Waals surface area contributed by atoms with E-state index in [1.807, 2.05) is 0 Å². The lowest BCUT2D eigenvalue weighted by atomic mass is 9.98. The zero-order valence-electron chi connectivity index (χ0n) is 28.9. The third-order valence-electron chi connectivity index (χ3n) is 8.23. The first-order chi connectivity index (χ1) is 25.3. The summed E-state index contributed by atoms with van der Waals surface area (Å²) in [6.45, 7) is -1.42. The molecule has 0 radical (unpaired) electrons. The molecule has 19 heteroatoms. The number of carbonyl (C=O) groups is 2. The molecule has 10 atom stereocenters. The average Bonchev–Trinajstić information content (AvgIpc) is 3.15. The van der Waals surface area contributed by atoms with E-state index in [2.05, 4.69) is 0 Å². The molecule has 292 valence electrons. The summed E-state index contributed by atoms with van der Waals surface area (Å²) in [6.07, 6.45) is -12.9. The standard InChI is InChI=1S/C34H42O19/c1-45-17-9-15(10-18(46-2)25(17)38)5-7-23(36)52-32-30(43)28(41)22(14-49-33-31(44)29(42)27(40)21(13-35)50-33)51-34(32)53-24(37)8-6-16-11-19(47-3)26(39)20(12-16)48-4/h5-12,21-22,27-35,38-44H,13-14H2,1-4H3/b7-5+,8-6+/t21-,22-,27-,28-,29+,30+,31-,32-,33-,34+/m1/s1. The monoisotopic (exact) mass is 754 g/mol. The van der Waals surface area contributed by atoms with Gasteiger partial charge in [0.05, 0.1) is 41.7 Å². The van der Waals surface area contributed by atoms with Crippen molar-refractivity contribution in [1.29, 1.82) is 0 Å². The normalized spacial score (nSPS) is 28.8. The summed E-state index contributed by atoms with van der Waals surface area (Å²) in [5, 5.41) is 82.3. The third kappa shape index (κ3) is 9.65. The summed E-state index contributed by atoms with van der Waals surface area (Å²) in [4.78, 5) is 26.0. The molecule has 2 heterocycles. The maximum atomic E-state index is 13.0. The molecule has 0 unspecified atom stereocenters. The Balaban J connectivity index is 1.55. The summed E-state index contributed by atoms with van der Waals surface area (Å²) in [7, 11) is 5.23. The van der Waals surface area contributed by atoms with Crippen LogP contribution < -0.4 is 18.9 Å². The Morgan fingerprint density at radius 2 is 1.06 bits per heavy atom. The van der Waals surface area contributed by atoms with Crippen molar-refractivity contribution in [2.24, 2.45) is 0 Å². The van der Waals surface area contributed by atoms with Gasteiger partial charge >= 0.3 is 11.9 Å². The van der Waals surface area contributed by atoms with Gasteiger partial charge in [0.1, 0.15) is 42.7 Å². The Labute approximate surface area is 302 Å². The van der Waals surface area contributed by atoms with Crippen LogP contribution in [0.25, 0.3) is 12.2 Å². The van der Waals surface area contributed by atoms with E-state index in [0.29, 0.717) is 11.1 Å². The first kappa shape index (κ1) is 41.1. The van der Waals surface area contributed by atoms with Gasteiger partial charge in [-0.05, 0) is 47.5 Å². The van der Waals surface area contributed by atoms with Gasteiger partial charge in [0, 0.05) is 12.2 Å². The van der Waals surface area contributed by atoms with Crippen molar-refractivity contribution >= 4 is 24.1 Å². The number of rotatable bonds is 14. The third-order valence-corrected chi connectivity index (χ3v) is 8.23. The lowest BCUT2D eigenvalue weighted by molar-refractivity contribution is -0.327. The Kier molecular flexibility index (Phi) is 14.2. The van der Waals surface area contributed by atoms with Crippen molar-refractivity contribution in [1.82, 2.24) is 0 Å². The fraction of sp³-hybridized carbons (Fsp3) is 0.471. The zero-order chi connectivity index (χ0) is 39.0. The van der Waals surface area contributed by atoms with Gasteiger partial charge in [-0.1, -0.05) is 0 Å². The number of phenolic OH excluding ortho intramolecular Hbond substituents is 2. The number of methoxy groups -OCH3 is 4. The van der Waals surface area contributed by atoms with E-state index in [-0.39, 0.29) is 34.5 Å². The van der Waals surface area contributed by atoms with E-state index in [9.17, 15) is 50.4 Å². The second-order valence-electron chi connectivity index (χ2n) is 11.6. The van der Waals surface area contributed by atoms with Crippen LogP contribution in [0.4, 0.5) is 0 Å². The first-order valence-electron chi connectivity index (χ1n) is 15.9. The number of hydrogen-bond acceptors (Lipinski definition) is 19. The number of carbonyl (C=O) groups excluding carboxylic acids is 2. The van der Waals surface area contributed by atoms with Gasteiger partial charge in [-0.15, -0.1) is 0 Å². The van der Waals surface area contributed by atoms with Gasteiger partial charge in [-0.2, -0.15) is 0 Å². The van der Waals surface area contributed by atoms with Crippen LogP contribution in [0.3, 0.4) is 0 Å². The molecule has 8 N–H and O–H groups in total. The Morgan fingerprint density at radius 1 is 0.623 bits per heavy atom. The highest BCUT2D eigenvalue weighted by Gasteiger charge is 2.50. The molecular weight excluding hydrogens is 712 g/mol. The van der Waals surface area contributed by atoms with Crippen LogP contribution in [-0.4, -0.2) is 156 Å². The topological polar surface area (TPSA) is 279 Å². The van der Waals surface area contributed by atoms with Gasteiger partial charge in [-0.3, -0.25) is 0 Å². The van der Waals surface area contributed by atoms with E-state index in [1.165, 1.54) is 64.9 Å². The average molecular weight is 755 g/mol. The highest BCUT2D eigenvalue weighted by molar-refractivity contribution is 5.88. The lowest BCUT2D eigenvalue weighted by Crippen LogP contribution is -2.62. The molecule has 0 amide bonds. The maximum absolute atomic E-state index is 13.0. The molecule has 19 nitrogen and oxygen atoms in total. The minimum Gasteiger partial charge on any atom is -0.502 e. The molecule has 0 spiro atoms. The van der Waals surface area contributed by atoms with Crippen molar-refractivity contribution < 1.29 is 93.1 Å². The lowest BCUT2D eigenvalue weighted by Gasteiger charge is -2.43. The number of aliphatic hydroxyl groups excluding tert-OH is 6. The van der Waals surface area contributed by atoms with Gasteiger partial charge in [0.15, 0.2) is 35.4 Å². The molecule has 2 fully saturated rings. The first-order valence-corrected chi connectivity index (χ1v) is 15.9. The van der Waals surface area contributed by atoms with Crippen molar-refractivity contribution in [3.8, 4) is 34.5 Å². The van der Waals surface area contributed by atoms with Crippen molar-refractivity contribution in [3.05, 3.63) is 47.5 Å². The quantitative estimate of drug-likeness (QED) is 0.0811. The second kappa shape index (κ2) is 18.4. The number of aliphatic hydroxyl groups is 6. The fourth-order valence-corrected chi connectivity index (χ4v) is 5.33. The Hall–Kier alpha value is -4.70. The van der Waals surface area contributed by atoms with E-state index in [1.54, 1.807) is 0 Å².